The van der Waals surface area contributed by atoms with Crippen molar-refractivity contribution >= 4 is 66.8 Å². The molecular formula is C75H65ClF4N2O10. The zero-order valence-electron chi connectivity index (χ0n) is 49.9. The lowest BCUT2D eigenvalue weighted by Crippen LogP contribution is -2.49. The predicted molar refractivity (Wildman–Crippen MR) is 342 cm³/mol. The van der Waals surface area contributed by atoms with Gasteiger partial charge in [-0.2, -0.15) is 0 Å². The first-order valence-electron chi connectivity index (χ1n) is 30.7. The van der Waals surface area contributed by atoms with Gasteiger partial charge in [-0.25, -0.2) is 17.6 Å². The van der Waals surface area contributed by atoms with Crippen LogP contribution in [0.4, 0.5) is 17.6 Å². The highest BCUT2D eigenvalue weighted by Gasteiger charge is 2.45. The highest BCUT2D eigenvalue weighted by molar-refractivity contribution is 6.40. The predicted octanol–water partition coefficient (Wildman–Crippen LogP) is 16.2. The van der Waals surface area contributed by atoms with Gasteiger partial charge >= 0.3 is 0 Å². The summed E-state index contributed by atoms with van der Waals surface area (Å²) in [6, 6.07) is 63.0. The Morgan fingerprint density at radius 2 is 0.848 bits per heavy atom. The Bertz CT molecular complexity index is 4340. The number of benzene rings is 9. The molecule has 470 valence electrons. The molecule has 14 rings (SSSR count). The summed E-state index contributed by atoms with van der Waals surface area (Å²) in [4.78, 5) is 30.9. The van der Waals surface area contributed by atoms with Gasteiger partial charge in [-0.1, -0.05) is 194 Å². The standard InChI is InChI=1S/C48H36F4N2O6.C27H29ClO4/c49-32-17-30-36(19-34(32)51)53-45-41(30)43-38(55)21-39(56)44(43)42-31-18-33(50)35(52)20-37(31)54(46(42)45)48-47(59-24-28-14-8-3-9-15-28)40(58-23-27-12-6-2-7-13-27)16-29(60-48)25-57-22-26-10-4-1-5-11-26;28-27-26(31-19-23-14-8-3-9-15-23)25(30-18-22-12-6-2-7-13-22)16-24(32-27)20-29-17-21-10-4-1-5-11-21/h1-15,17-20,29,40,47-48,53H,16,21-25H2;1-15,24-27H,16-20H2. The van der Waals surface area contributed by atoms with E-state index in [1.807, 2.05) is 170 Å². The van der Waals surface area contributed by atoms with Crippen molar-refractivity contribution in [2.45, 2.75) is 107 Å². The van der Waals surface area contributed by atoms with Crippen LogP contribution in [0.2, 0.25) is 0 Å². The number of ether oxygens (including phenoxy) is 8. The minimum Gasteiger partial charge on any atom is -0.374 e. The number of aromatic amines is 1. The number of halogens is 5. The SMILES string of the molecule is ClC1OC(COCc2ccccc2)CC(OCc2ccccc2)C1OCc1ccccc1.O=C1CC(=O)c2c1c1c3cc(F)c(F)cc3[nH]c1c1c2c2cc(F)c(F)cc2n1C1OC(COCc2ccccc2)CC(OCc2ccccc2)C1OCc1ccccc1. The van der Waals surface area contributed by atoms with Crippen molar-refractivity contribution in [3.8, 4) is 0 Å². The molecule has 2 fully saturated rings. The molecule has 0 bridgehead atoms. The van der Waals surface area contributed by atoms with Gasteiger partial charge in [0, 0.05) is 63.2 Å². The number of alkyl halides is 1. The van der Waals surface area contributed by atoms with Crippen LogP contribution in [-0.4, -0.2) is 76.5 Å². The average Bonchev–Trinajstić information content (AvgIpc) is 1.52. The maximum Gasteiger partial charge on any atom is 0.172 e. The van der Waals surface area contributed by atoms with E-state index in [2.05, 4.69) is 17.1 Å². The van der Waals surface area contributed by atoms with Crippen LogP contribution in [0.25, 0.3) is 43.6 Å². The molecule has 0 radical (unpaired) electrons. The zero-order valence-corrected chi connectivity index (χ0v) is 50.7. The van der Waals surface area contributed by atoms with Gasteiger partial charge < -0.3 is 47.4 Å². The normalized spacial score (nSPS) is 20.7. The number of ketones is 2. The van der Waals surface area contributed by atoms with Crippen LogP contribution in [0.3, 0.4) is 0 Å². The van der Waals surface area contributed by atoms with Crippen molar-refractivity contribution in [3.05, 3.63) is 274 Å². The summed E-state index contributed by atoms with van der Waals surface area (Å²) in [6.45, 7) is 2.68. The molecule has 0 saturated carbocycles. The second-order valence-electron chi connectivity index (χ2n) is 23.3. The van der Waals surface area contributed by atoms with Gasteiger partial charge in [0.2, 0.25) is 0 Å². The topological polar surface area (TPSA) is 129 Å². The second-order valence-corrected chi connectivity index (χ2v) is 23.7. The van der Waals surface area contributed by atoms with Crippen LogP contribution in [0.15, 0.2) is 206 Å². The highest BCUT2D eigenvalue weighted by atomic mass is 35.5. The molecule has 1 aliphatic carbocycles. The van der Waals surface area contributed by atoms with Crippen molar-refractivity contribution in [2.24, 2.45) is 0 Å². The summed E-state index contributed by atoms with van der Waals surface area (Å²) < 4.78 is 114. The maximum absolute atomic E-state index is 15.6. The smallest absolute Gasteiger partial charge is 0.172 e. The first-order chi connectivity index (χ1) is 45.0. The minimum absolute atomic E-state index is 0.00115. The third-order valence-corrected chi connectivity index (χ3v) is 17.3. The average molecular weight is 1270 g/mol. The largest absolute Gasteiger partial charge is 0.374 e. The van der Waals surface area contributed by atoms with Gasteiger partial charge in [0.05, 0.1) is 100 Å². The molecule has 3 aliphatic rings. The van der Waals surface area contributed by atoms with E-state index in [0.29, 0.717) is 45.9 Å². The quantitative estimate of drug-likeness (QED) is 0.0422. The lowest BCUT2D eigenvalue weighted by molar-refractivity contribution is -0.238. The monoisotopic (exact) mass is 1260 g/mol. The Labute approximate surface area is 533 Å². The zero-order chi connectivity index (χ0) is 63.1. The number of nitrogens with zero attached hydrogens (tertiary/aromatic N) is 1. The molecular weight excluding hydrogens is 1200 g/mol. The Balaban J connectivity index is 0.000000204. The molecule has 1 N–H and O–H groups in total. The Morgan fingerprint density at radius 1 is 0.457 bits per heavy atom. The van der Waals surface area contributed by atoms with Crippen LogP contribution in [0.5, 0.6) is 0 Å². The lowest BCUT2D eigenvalue weighted by Gasteiger charge is -2.42. The number of rotatable bonds is 21. The number of hydrogen-bond donors (Lipinski definition) is 1. The summed E-state index contributed by atoms with van der Waals surface area (Å²) in [5, 5.41) is 0.654. The Hall–Kier alpha value is -8.39. The molecule has 0 amide bonds. The summed E-state index contributed by atoms with van der Waals surface area (Å²) >= 11 is 6.63. The number of carbonyl (C=O) groups excluding carboxylic acids is 2. The molecule has 2 aromatic heterocycles. The molecule has 11 aromatic rings. The van der Waals surface area contributed by atoms with Crippen LogP contribution in [-0.2, 0) is 77.5 Å². The van der Waals surface area contributed by atoms with Crippen LogP contribution >= 0.6 is 11.6 Å². The molecule has 2 aliphatic heterocycles. The molecule has 8 atom stereocenters. The summed E-state index contributed by atoms with van der Waals surface area (Å²) in [5.74, 6) is -5.69. The molecule has 9 aromatic carbocycles. The summed E-state index contributed by atoms with van der Waals surface area (Å²) in [6.07, 6.45) is -3.62. The summed E-state index contributed by atoms with van der Waals surface area (Å²) in [5.41, 5.74) is 6.16. The van der Waals surface area contributed by atoms with E-state index in [4.69, 9.17) is 49.5 Å². The number of Topliss-reactive ketones (excluding diaryl/α,β-unsaturated/α-hetero) is 2. The van der Waals surface area contributed by atoms with E-state index >= 15 is 8.78 Å². The fraction of sp³-hybridized carbons (Fsp3) is 0.253. The third-order valence-electron chi connectivity index (χ3n) is 16.9. The van der Waals surface area contributed by atoms with E-state index in [9.17, 15) is 18.4 Å². The number of carbonyl (C=O) groups is 2. The van der Waals surface area contributed by atoms with E-state index in [1.165, 1.54) is 0 Å². The minimum atomic E-state index is -1.18. The van der Waals surface area contributed by atoms with Gasteiger partial charge in [-0.3, -0.25) is 9.59 Å². The first-order valence-corrected chi connectivity index (χ1v) is 31.1. The number of aromatic nitrogens is 2. The van der Waals surface area contributed by atoms with Gasteiger partial charge in [-0.15, -0.1) is 0 Å². The van der Waals surface area contributed by atoms with E-state index < -0.39 is 71.4 Å². The van der Waals surface area contributed by atoms with Gasteiger partial charge in [-0.05, 0) is 45.5 Å². The van der Waals surface area contributed by atoms with Crippen molar-refractivity contribution in [3.63, 3.8) is 0 Å². The number of hydrogen-bond acceptors (Lipinski definition) is 10. The van der Waals surface area contributed by atoms with Crippen molar-refractivity contribution in [1.82, 2.24) is 9.55 Å². The van der Waals surface area contributed by atoms with Crippen molar-refractivity contribution < 1.29 is 65.0 Å². The first kappa shape index (κ1) is 62.4. The van der Waals surface area contributed by atoms with E-state index in [0.717, 1.165) is 57.6 Å². The lowest BCUT2D eigenvalue weighted by atomic mass is 9.96. The highest BCUT2D eigenvalue weighted by Crippen LogP contribution is 2.49. The second kappa shape index (κ2) is 28.6. The number of H-pyrrole nitrogens is 1. The molecule has 2 saturated heterocycles. The summed E-state index contributed by atoms with van der Waals surface area (Å²) in [7, 11) is 0. The molecule has 12 nitrogen and oxygen atoms in total. The van der Waals surface area contributed by atoms with E-state index in [1.54, 1.807) is 4.57 Å². The molecule has 8 unspecified atom stereocenters. The molecule has 4 heterocycles. The number of fused-ring (bicyclic) bond motifs is 10. The van der Waals surface area contributed by atoms with Crippen LogP contribution in [0, 0.1) is 23.3 Å². The van der Waals surface area contributed by atoms with Gasteiger partial charge in [0.25, 0.3) is 0 Å². The van der Waals surface area contributed by atoms with Crippen molar-refractivity contribution in [2.75, 3.05) is 13.2 Å². The third kappa shape index (κ3) is 13.9. The Kier molecular flexibility index (Phi) is 19.4. The van der Waals surface area contributed by atoms with Gasteiger partial charge in [0.15, 0.2) is 46.6 Å². The Morgan fingerprint density at radius 3 is 1.34 bits per heavy atom. The maximum atomic E-state index is 15.6. The van der Waals surface area contributed by atoms with Crippen molar-refractivity contribution in [1.29, 1.82) is 0 Å². The fourth-order valence-electron chi connectivity index (χ4n) is 12.6. The molecule has 17 heteroatoms. The van der Waals surface area contributed by atoms with Gasteiger partial charge in [0.1, 0.15) is 12.2 Å². The van der Waals surface area contributed by atoms with Crippen LogP contribution < -0.4 is 0 Å². The molecule has 0 spiro atoms. The van der Waals surface area contributed by atoms with Crippen LogP contribution in [0.1, 0.15) is 79.6 Å². The fourth-order valence-corrected chi connectivity index (χ4v) is 13.0. The number of nitrogens with one attached hydrogen (secondary N) is 1. The molecule has 92 heavy (non-hydrogen) atoms. The van der Waals surface area contributed by atoms with E-state index in [-0.39, 0.29) is 92.9 Å².